The van der Waals surface area contributed by atoms with Gasteiger partial charge in [0.25, 0.3) is 5.91 Å². The summed E-state index contributed by atoms with van der Waals surface area (Å²) < 4.78 is 5.28. The average molecular weight is 262 g/mol. The molecule has 1 heterocycles. The van der Waals surface area contributed by atoms with Gasteiger partial charge in [-0.15, -0.1) is 0 Å². The molecule has 0 aromatic heterocycles. The largest absolute Gasteiger partial charge is 0.359 e. The second kappa shape index (κ2) is 5.40. The number of amides is 2. The highest BCUT2D eigenvalue weighted by Crippen LogP contribution is 2.20. The molecule has 1 saturated heterocycles. The first kappa shape index (κ1) is 13.5. The second-order valence-corrected chi connectivity index (χ2v) is 5.16. The van der Waals surface area contributed by atoms with Gasteiger partial charge >= 0.3 is 0 Å². The molecular weight excluding hydrogens is 244 g/mol. The van der Waals surface area contributed by atoms with Crippen LogP contribution in [0.15, 0.2) is 30.3 Å². The molecule has 1 N–H and O–H groups in total. The first-order valence-corrected chi connectivity index (χ1v) is 6.22. The molecule has 0 atom stereocenters. The van der Waals surface area contributed by atoms with Crippen LogP contribution in [-0.2, 0) is 9.53 Å². The quantitative estimate of drug-likeness (QED) is 0.884. The number of carbonyl (C=O) groups is 2. The summed E-state index contributed by atoms with van der Waals surface area (Å²) in [5, 5.41) is 2.63. The zero-order chi connectivity index (χ0) is 13.9. The van der Waals surface area contributed by atoms with E-state index in [1.807, 2.05) is 19.9 Å². The minimum atomic E-state index is -0.311. The van der Waals surface area contributed by atoms with E-state index in [9.17, 15) is 9.59 Å². The van der Waals surface area contributed by atoms with Crippen molar-refractivity contribution in [1.82, 2.24) is 10.2 Å². The van der Waals surface area contributed by atoms with Gasteiger partial charge in [-0.3, -0.25) is 9.59 Å². The minimum Gasteiger partial charge on any atom is -0.359 e. The van der Waals surface area contributed by atoms with E-state index < -0.39 is 0 Å². The lowest BCUT2D eigenvalue weighted by Crippen LogP contribution is -2.48. The summed E-state index contributed by atoms with van der Waals surface area (Å²) in [5.41, 5.74) is 0.237. The molecule has 5 heteroatoms. The molecule has 2 rings (SSSR count). The third-order valence-corrected chi connectivity index (χ3v) is 3.14. The van der Waals surface area contributed by atoms with Gasteiger partial charge in [0.1, 0.15) is 6.73 Å². The van der Waals surface area contributed by atoms with Gasteiger partial charge in [0.2, 0.25) is 5.91 Å². The Morgan fingerprint density at radius 1 is 1.32 bits per heavy atom. The van der Waals surface area contributed by atoms with Crippen molar-refractivity contribution in [2.24, 2.45) is 0 Å². The molecule has 1 aliphatic rings. The summed E-state index contributed by atoms with van der Waals surface area (Å²) in [6.45, 7) is 4.67. The Bertz CT molecular complexity index is 471. The summed E-state index contributed by atoms with van der Waals surface area (Å²) >= 11 is 0. The monoisotopic (exact) mass is 262 g/mol. The zero-order valence-corrected chi connectivity index (χ0v) is 11.2. The fourth-order valence-corrected chi connectivity index (χ4v) is 1.99. The Labute approximate surface area is 112 Å². The molecular formula is C14H18N2O3. The number of rotatable bonds is 3. The number of ether oxygens (including phenoxy) is 1. The maximum Gasteiger partial charge on any atom is 0.251 e. The van der Waals surface area contributed by atoms with E-state index >= 15 is 0 Å². The van der Waals surface area contributed by atoms with Gasteiger partial charge in [-0.2, -0.15) is 0 Å². The van der Waals surface area contributed by atoms with E-state index in [0.717, 1.165) is 0 Å². The number of hydrogen-bond donors (Lipinski definition) is 1. The molecule has 0 bridgehead atoms. The molecule has 0 aliphatic carbocycles. The van der Waals surface area contributed by atoms with Crippen molar-refractivity contribution in [2.45, 2.75) is 19.4 Å². The molecule has 0 unspecified atom stereocenters. The number of carbonyl (C=O) groups excluding carboxylic acids is 2. The van der Waals surface area contributed by atoms with Crippen LogP contribution in [0.1, 0.15) is 24.2 Å². The highest BCUT2D eigenvalue weighted by atomic mass is 16.5. The summed E-state index contributed by atoms with van der Waals surface area (Å²) in [5.74, 6) is -0.376. The van der Waals surface area contributed by atoms with Crippen LogP contribution >= 0.6 is 0 Å². The van der Waals surface area contributed by atoms with Crippen molar-refractivity contribution < 1.29 is 14.3 Å². The van der Waals surface area contributed by atoms with E-state index in [2.05, 4.69) is 5.32 Å². The second-order valence-electron chi connectivity index (χ2n) is 5.16. The Kier molecular flexibility index (Phi) is 3.85. The Hall–Kier alpha value is -1.88. The van der Waals surface area contributed by atoms with Gasteiger partial charge in [0.05, 0.1) is 18.7 Å². The van der Waals surface area contributed by atoms with Crippen LogP contribution in [0.5, 0.6) is 0 Å². The molecule has 1 fully saturated rings. The fourth-order valence-electron chi connectivity index (χ4n) is 1.99. The molecule has 5 nitrogen and oxygen atoms in total. The third-order valence-electron chi connectivity index (χ3n) is 3.14. The van der Waals surface area contributed by atoms with E-state index in [-0.39, 0.29) is 30.6 Å². The topological polar surface area (TPSA) is 58.6 Å². The first-order chi connectivity index (χ1) is 9.00. The average Bonchev–Trinajstić information content (AvgIpc) is 2.76. The number of benzene rings is 1. The number of nitrogens with zero attached hydrogens (tertiary/aromatic N) is 1. The molecule has 1 aromatic carbocycles. The predicted molar refractivity (Wildman–Crippen MR) is 70.5 cm³/mol. The van der Waals surface area contributed by atoms with Crippen molar-refractivity contribution >= 4 is 11.8 Å². The van der Waals surface area contributed by atoms with Gasteiger partial charge in [-0.05, 0) is 26.0 Å². The molecule has 1 aliphatic heterocycles. The molecule has 2 amide bonds. The maximum absolute atomic E-state index is 12.0. The van der Waals surface area contributed by atoms with Gasteiger partial charge in [-0.1, -0.05) is 18.2 Å². The van der Waals surface area contributed by atoms with Gasteiger partial charge in [0.15, 0.2) is 0 Å². The first-order valence-electron chi connectivity index (χ1n) is 6.22. The number of nitrogens with one attached hydrogen (secondary N) is 1. The van der Waals surface area contributed by atoms with Crippen LogP contribution in [0, 0.1) is 0 Å². The van der Waals surface area contributed by atoms with Crippen LogP contribution in [0.3, 0.4) is 0 Å². The Balaban J connectivity index is 1.89. The Morgan fingerprint density at radius 3 is 2.58 bits per heavy atom. The van der Waals surface area contributed by atoms with E-state index in [4.69, 9.17) is 4.74 Å². The lowest BCUT2D eigenvalue weighted by molar-refractivity contribution is -0.134. The highest BCUT2D eigenvalue weighted by molar-refractivity contribution is 5.96. The lowest BCUT2D eigenvalue weighted by atomic mass is 10.1. The molecule has 102 valence electrons. The summed E-state index contributed by atoms with van der Waals surface area (Å²) in [6, 6.07) is 8.83. The standard InChI is InChI=1S/C14H18N2O3/c1-14(2)9-19-10-16(14)12(17)8-15-13(18)11-6-4-3-5-7-11/h3-7H,8-10H2,1-2H3,(H,15,18). The summed E-state index contributed by atoms with van der Waals surface area (Å²) in [7, 11) is 0. The van der Waals surface area contributed by atoms with Crippen LogP contribution in [0.25, 0.3) is 0 Å². The zero-order valence-electron chi connectivity index (χ0n) is 11.2. The smallest absolute Gasteiger partial charge is 0.251 e. The minimum absolute atomic E-state index is 0.0134. The molecule has 0 spiro atoms. The lowest BCUT2D eigenvalue weighted by Gasteiger charge is -2.29. The van der Waals surface area contributed by atoms with Crippen molar-refractivity contribution in [1.29, 1.82) is 0 Å². The van der Waals surface area contributed by atoms with Crippen LogP contribution in [-0.4, -0.2) is 42.1 Å². The summed E-state index contributed by atoms with van der Waals surface area (Å²) in [4.78, 5) is 25.5. The molecule has 0 radical (unpaired) electrons. The van der Waals surface area contributed by atoms with E-state index in [1.54, 1.807) is 29.2 Å². The van der Waals surface area contributed by atoms with E-state index in [0.29, 0.717) is 12.2 Å². The maximum atomic E-state index is 12.0. The number of hydrogen-bond acceptors (Lipinski definition) is 3. The van der Waals surface area contributed by atoms with Crippen molar-refractivity contribution in [3.63, 3.8) is 0 Å². The summed E-state index contributed by atoms with van der Waals surface area (Å²) in [6.07, 6.45) is 0. The van der Waals surface area contributed by atoms with Crippen LogP contribution < -0.4 is 5.32 Å². The van der Waals surface area contributed by atoms with Crippen LogP contribution in [0.2, 0.25) is 0 Å². The van der Waals surface area contributed by atoms with E-state index in [1.165, 1.54) is 0 Å². The molecule has 1 aromatic rings. The third kappa shape index (κ3) is 3.12. The SMILES string of the molecule is CC1(C)COCN1C(=O)CNC(=O)c1ccccc1. The predicted octanol–water partition coefficient (Wildman–Crippen LogP) is 1.01. The molecule has 0 saturated carbocycles. The van der Waals surface area contributed by atoms with Crippen LogP contribution in [0.4, 0.5) is 0 Å². The van der Waals surface area contributed by atoms with Crippen molar-refractivity contribution in [3.05, 3.63) is 35.9 Å². The van der Waals surface area contributed by atoms with Crippen molar-refractivity contribution in [3.8, 4) is 0 Å². The van der Waals surface area contributed by atoms with Gasteiger partial charge in [0, 0.05) is 5.56 Å². The fraction of sp³-hybridized carbons (Fsp3) is 0.429. The highest BCUT2D eigenvalue weighted by Gasteiger charge is 2.36. The Morgan fingerprint density at radius 2 is 2.00 bits per heavy atom. The molecule has 19 heavy (non-hydrogen) atoms. The van der Waals surface area contributed by atoms with Gasteiger partial charge < -0.3 is 15.0 Å². The van der Waals surface area contributed by atoms with Crippen molar-refractivity contribution in [2.75, 3.05) is 19.9 Å². The van der Waals surface area contributed by atoms with Gasteiger partial charge in [-0.25, -0.2) is 0 Å². The normalized spacial score (nSPS) is 17.3.